The van der Waals surface area contributed by atoms with E-state index in [1.54, 1.807) is 6.20 Å². The summed E-state index contributed by atoms with van der Waals surface area (Å²) >= 11 is 3.45. The fourth-order valence-corrected chi connectivity index (χ4v) is 1.88. The molecular weight excluding hydrogens is 240 g/mol. The van der Waals surface area contributed by atoms with Crippen LogP contribution in [0.4, 0.5) is 0 Å². The van der Waals surface area contributed by atoms with Gasteiger partial charge in [-0.1, -0.05) is 22.0 Å². The van der Waals surface area contributed by atoms with Crippen LogP contribution in [0.3, 0.4) is 0 Å². The van der Waals surface area contributed by atoms with E-state index in [4.69, 9.17) is 0 Å². The van der Waals surface area contributed by atoms with E-state index in [9.17, 15) is 0 Å². The Balaban J connectivity index is 2.25. The van der Waals surface area contributed by atoms with Crippen LogP contribution in [0.25, 0.3) is 0 Å². The Morgan fingerprint density at radius 3 is 2.93 bits per heavy atom. The Hall–Kier alpha value is -1.09. The van der Waals surface area contributed by atoms with Crippen LogP contribution in [0, 0.1) is 6.92 Å². The van der Waals surface area contributed by atoms with Crippen molar-refractivity contribution in [3.63, 3.8) is 0 Å². The number of hydrogen-bond acceptors (Lipinski definition) is 1. The molecule has 0 radical (unpaired) electrons. The lowest BCUT2D eigenvalue weighted by atomic mass is 10.1. The normalized spacial score (nSPS) is 10.4. The minimum absolute atomic E-state index is 0.839. The highest BCUT2D eigenvalue weighted by Crippen LogP contribution is 2.16. The van der Waals surface area contributed by atoms with Gasteiger partial charge in [0.25, 0.3) is 0 Å². The van der Waals surface area contributed by atoms with Crippen LogP contribution in [0.15, 0.2) is 41.1 Å². The second-order valence-electron chi connectivity index (χ2n) is 3.27. The molecule has 0 atom stereocenters. The number of rotatable bonds is 2. The number of aryl methyl sites for hydroxylation is 1. The van der Waals surface area contributed by atoms with E-state index < -0.39 is 0 Å². The average Bonchev–Trinajstić information content (AvgIpc) is 2.62. The monoisotopic (exact) mass is 250 g/mol. The molecule has 0 saturated carbocycles. The Bertz CT molecular complexity index is 421. The molecule has 0 N–H and O–H groups in total. The van der Waals surface area contributed by atoms with E-state index in [1.165, 1.54) is 11.1 Å². The maximum atomic E-state index is 4.18. The summed E-state index contributed by atoms with van der Waals surface area (Å²) in [6.45, 7) is 2.95. The molecule has 1 aromatic heterocycles. The molecule has 0 bridgehead atoms. The SMILES string of the molecule is Cc1cc(Br)ccc1Cn1cccn1. The molecule has 14 heavy (non-hydrogen) atoms. The second kappa shape index (κ2) is 3.96. The summed E-state index contributed by atoms with van der Waals surface area (Å²) in [5.74, 6) is 0. The summed E-state index contributed by atoms with van der Waals surface area (Å²) in [6, 6.07) is 8.25. The molecule has 3 heteroatoms. The third-order valence-electron chi connectivity index (χ3n) is 2.20. The molecule has 0 fully saturated rings. The Morgan fingerprint density at radius 2 is 2.29 bits per heavy atom. The highest BCUT2D eigenvalue weighted by atomic mass is 79.9. The quantitative estimate of drug-likeness (QED) is 0.802. The van der Waals surface area contributed by atoms with Gasteiger partial charge in [-0.2, -0.15) is 5.10 Å². The minimum Gasteiger partial charge on any atom is -0.268 e. The summed E-state index contributed by atoms with van der Waals surface area (Å²) in [6.07, 6.45) is 3.77. The highest BCUT2D eigenvalue weighted by molar-refractivity contribution is 9.10. The van der Waals surface area contributed by atoms with Crippen molar-refractivity contribution in [3.8, 4) is 0 Å². The van der Waals surface area contributed by atoms with Gasteiger partial charge in [0, 0.05) is 16.9 Å². The van der Waals surface area contributed by atoms with Gasteiger partial charge in [0.2, 0.25) is 0 Å². The van der Waals surface area contributed by atoms with E-state index in [-0.39, 0.29) is 0 Å². The largest absolute Gasteiger partial charge is 0.268 e. The van der Waals surface area contributed by atoms with Gasteiger partial charge in [0.05, 0.1) is 6.54 Å². The second-order valence-corrected chi connectivity index (χ2v) is 4.19. The fourth-order valence-electron chi connectivity index (χ4n) is 1.41. The lowest BCUT2D eigenvalue weighted by molar-refractivity contribution is 0.684. The Kier molecular flexibility index (Phi) is 2.68. The first kappa shape index (κ1) is 9.46. The van der Waals surface area contributed by atoms with Crippen molar-refractivity contribution in [2.24, 2.45) is 0 Å². The summed E-state index contributed by atoms with van der Waals surface area (Å²) in [4.78, 5) is 0. The molecular formula is C11H11BrN2. The van der Waals surface area contributed by atoms with E-state index in [0.717, 1.165) is 11.0 Å². The van der Waals surface area contributed by atoms with Crippen LogP contribution in [0.2, 0.25) is 0 Å². The smallest absolute Gasteiger partial charge is 0.0661 e. The minimum atomic E-state index is 0.839. The van der Waals surface area contributed by atoms with Crippen molar-refractivity contribution >= 4 is 15.9 Å². The molecule has 2 rings (SSSR count). The van der Waals surface area contributed by atoms with Crippen molar-refractivity contribution in [1.82, 2.24) is 9.78 Å². The van der Waals surface area contributed by atoms with Gasteiger partial charge in [-0.05, 0) is 36.2 Å². The van der Waals surface area contributed by atoms with Gasteiger partial charge >= 0.3 is 0 Å². The molecule has 0 unspecified atom stereocenters. The Labute approximate surface area is 91.7 Å². The maximum Gasteiger partial charge on any atom is 0.0661 e. The number of benzene rings is 1. The predicted molar refractivity (Wildman–Crippen MR) is 60.2 cm³/mol. The predicted octanol–water partition coefficient (Wildman–Crippen LogP) is 3.00. The first-order chi connectivity index (χ1) is 6.75. The summed E-state index contributed by atoms with van der Waals surface area (Å²) in [5.41, 5.74) is 2.59. The number of hydrogen-bond donors (Lipinski definition) is 0. The lowest BCUT2D eigenvalue weighted by Gasteiger charge is -2.06. The molecule has 1 aromatic carbocycles. The van der Waals surface area contributed by atoms with E-state index >= 15 is 0 Å². The van der Waals surface area contributed by atoms with Gasteiger partial charge in [0.1, 0.15) is 0 Å². The van der Waals surface area contributed by atoms with Crippen molar-refractivity contribution in [3.05, 3.63) is 52.3 Å². The number of halogens is 1. The molecule has 0 amide bonds. The average molecular weight is 251 g/mol. The van der Waals surface area contributed by atoms with Crippen LogP contribution < -0.4 is 0 Å². The van der Waals surface area contributed by atoms with Crippen molar-refractivity contribution in [1.29, 1.82) is 0 Å². The van der Waals surface area contributed by atoms with Crippen LogP contribution in [0.1, 0.15) is 11.1 Å². The van der Waals surface area contributed by atoms with E-state index in [0.29, 0.717) is 0 Å². The van der Waals surface area contributed by atoms with Gasteiger partial charge in [-0.3, -0.25) is 4.68 Å². The zero-order chi connectivity index (χ0) is 9.97. The van der Waals surface area contributed by atoms with E-state index in [1.807, 2.05) is 16.9 Å². The van der Waals surface area contributed by atoms with Gasteiger partial charge < -0.3 is 0 Å². The standard InChI is InChI=1S/C11H11BrN2/c1-9-7-11(12)4-3-10(9)8-14-6-2-5-13-14/h2-7H,8H2,1H3. The summed E-state index contributed by atoms with van der Waals surface area (Å²) in [7, 11) is 0. The number of nitrogens with zero attached hydrogens (tertiary/aromatic N) is 2. The van der Waals surface area contributed by atoms with E-state index in [2.05, 4.69) is 46.2 Å². The zero-order valence-corrected chi connectivity index (χ0v) is 9.53. The first-order valence-electron chi connectivity index (χ1n) is 4.48. The zero-order valence-electron chi connectivity index (χ0n) is 7.94. The first-order valence-corrected chi connectivity index (χ1v) is 5.27. The number of aromatic nitrogens is 2. The van der Waals surface area contributed by atoms with Crippen LogP contribution >= 0.6 is 15.9 Å². The van der Waals surface area contributed by atoms with Crippen molar-refractivity contribution in [2.45, 2.75) is 13.5 Å². The molecule has 0 aliphatic heterocycles. The summed E-state index contributed by atoms with van der Waals surface area (Å²) < 4.78 is 3.05. The molecule has 0 spiro atoms. The molecule has 0 aliphatic rings. The summed E-state index contributed by atoms with van der Waals surface area (Å²) in [5, 5.41) is 4.18. The third kappa shape index (κ3) is 2.04. The lowest BCUT2D eigenvalue weighted by Crippen LogP contribution is -2.01. The topological polar surface area (TPSA) is 17.8 Å². The molecule has 2 nitrogen and oxygen atoms in total. The molecule has 0 saturated heterocycles. The van der Waals surface area contributed by atoms with Crippen LogP contribution in [-0.4, -0.2) is 9.78 Å². The Morgan fingerprint density at radius 1 is 1.43 bits per heavy atom. The fraction of sp³-hybridized carbons (Fsp3) is 0.182. The molecule has 72 valence electrons. The van der Waals surface area contributed by atoms with Gasteiger partial charge in [-0.15, -0.1) is 0 Å². The maximum absolute atomic E-state index is 4.18. The van der Waals surface area contributed by atoms with Crippen LogP contribution in [-0.2, 0) is 6.54 Å². The van der Waals surface area contributed by atoms with Gasteiger partial charge in [-0.25, -0.2) is 0 Å². The van der Waals surface area contributed by atoms with Gasteiger partial charge in [0.15, 0.2) is 0 Å². The molecule has 2 aromatic rings. The molecule has 0 aliphatic carbocycles. The highest BCUT2D eigenvalue weighted by Gasteiger charge is 1.99. The third-order valence-corrected chi connectivity index (χ3v) is 2.69. The van der Waals surface area contributed by atoms with Crippen molar-refractivity contribution in [2.75, 3.05) is 0 Å². The van der Waals surface area contributed by atoms with Crippen LogP contribution in [0.5, 0.6) is 0 Å². The van der Waals surface area contributed by atoms with Crippen molar-refractivity contribution < 1.29 is 0 Å². The molecule has 1 heterocycles.